The van der Waals surface area contributed by atoms with Crippen LogP contribution in [0.1, 0.15) is 24.2 Å². The lowest BCUT2D eigenvalue weighted by Crippen LogP contribution is -2.34. The third-order valence-corrected chi connectivity index (χ3v) is 3.89. The third-order valence-electron chi connectivity index (χ3n) is 2.07. The van der Waals surface area contributed by atoms with E-state index >= 15 is 0 Å². The molecule has 0 radical (unpaired) electrons. The average Bonchev–Trinajstić information content (AvgIpc) is 2.25. The summed E-state index contributed by atoms with van der Waals surface area (Å²) < 4.78 is 0.811. The van der Waals surface area contributed by atoms with E-state index < -0.39 is 0 Å². The summed E-state index contributed by atoms with van der Waals surface area (Å²) in [6.45, 7) is 4.10. The van der Waals surface area contributed by atoms with Crippen LogP contribution in [0.4, 0.5) is 0 Å². The molecule has 1 unspecified atom stereocenters. The molecular weight excluding hydrogens is 322 g/mol. The Balaban J connectivity index is 2.63. The molecule has 2 nitrogen and oxygen atoms in total. The number of halogens is 2. The van der Waals surface area contributed by atoms with Gasteiger partial charge in [-0.2, -0.15) is 11.8 Å². The highest BCUT2D eigenvalue weighted by atomic mass is 79.9. The molecule has 1 rings (SSSR count). The quantitative estimate of drug-likeness (QED) is 0.881. The fourth-order valence-electron chi connectivity index (χ4n) is 1.33. The van der Waals surface area contributed by atoms with Crippen LogP contribution in [0.2, 0.25) is 5.02 Å². The molecule has 5 heteroatoms. The number of thioether (sulfide) groups is 1. The van der Waals surface area contributed by atoms with Crippen molar-refractivity contribution in [3.05, 3.63) is 33.3 Å². The summed E-state index contributed by atoms with van der Waals surface area (Å²) in [6, 6.07) is 5.35. The predicted molar refractivity (Wildman–Crippen MR) is 79.1 cm³/mol. The monoisotopic (exact) mass is 335 g/mol. The van der Waals surface area contributed by atoms with Gasteiger partial charge in [0.05, 0.1) is 0 Å². The molecular formula is C12H15BrClNOS. The largest absolute Gasteiger partial charge is 0.349 e. The number of hydrogen-bond acceptors (Lipinski definition) is 2. The Bertz CT molecular complexity index is 380. The number of carbonyl (C=O) groups is 1. The first-order valence-corrected chi connectivity index (χ1v) is 7.70. The molecule has 0 aliphatic rings. The van der Waals surface area contributed by atoms with Crippen molar-refractivity contribution in [2.45, 2.75) is 19.9 Å². The second-order valence-corrected chi connectivity index (χ2v) is 6.36. The van der Waals surface area contributed by atoms with Gasteiger partial charge in [-0.1, -0.05) is 34.5 Å². The molecule has 0 aliphatic heterocycles. The zero-order valence-electron chi connectivity index (χ0n) is 9.80. The Labute approximate surface area is 120 Å². The molecule has 0 saturated heterocycles. The Hall–Kier alpha value is -0.190. The van der Waals surface area contributed by atoms with Gasteiger partial charge in [0.2, 0.25) is 0 Å². The maximum Gasteiger partial charge on any atom is 0.251 e. The van der Waals surface area contributed by atoms with Crippen molar-refractivity contribution < 1.29 is 4.79 Å². The van der Waals surface area contributed by atoms with Crippen molar-refractivity contribution in [3.63, 3.8) is 0 Å². The summed E-state index contributed by atoms with van der Waals surface area (Å²) in [4.78, 5) is 11.9. The van der Waals surface area contributed by atoms with Gasteiger partial charge in [-0.25, -0.2) is 0 Å². The van der Waals surface area contributed by atoms with Gasteiger partial charge in [0.15, 0.2) is 0 Å². The number of hydrogen-bond donors (Lipinski definition) is 1. The smallest absolute Gasteiger partial charge is 0.251 e. The van der Waals surface area contributed by atoms with Gasteiger partial charge in [0.1, 0.15) is 0 Å². The molecule has 0 bridgehead atoms. The van der Waals surface area contributed by atoms with E-state index in [2.05, 4.69) is 28.2 Å². The van der Waals surface area contributed by atoms with Gasteiger partial charge < -0.3 is 5.32 Å². The summed E-state index contributed by atoms with van der Waals surface area (Å²) >= 11 is 11.0. The number of amides is 1. The second-order valence-electron chi connectivity index (χ2n) is 3.69. The molecule has 0 saturated carbocycles. The molecule has 0 spiro atoms. The van der Waals surface area contributed by atoms with Crippen LogP contribution in [0, 0.1) is 0 Å². The molecule has 1 aromatic carbocycles. The van der Waals surface area contributed by atoms with E-state index in [0.717, 1.165) is 16.0 Å². The van der Waals surface area contributed by atoms with Crippen LogP contribution >= 0.6 is 39.3 Å². The van der Waals surface area contributed by atoms with Gasteiger partial charge >= 0.3 is 0 Å². The zero-order chi connectivity index (χ0) is 12.8. The Morgan fingerprint density at radius 3 is 2.82 bits per heavy atom. The van der Waals surface area contributed by atoms with E-state index in [1.165, 1.54) is 0 Å². The van der Waals surface area contributed by atoms with Gasteiger partial charge in [-0.05, 0) is 30.9 Å². The van der Waals surface area contributed by atoms with Crippen molar-refractivity contribution in [2.75, 3.05) is 11.5 Å². The first-order valence-electron chi connectivity index (χ1n) is 5.37. The zero-order valence-corrected chi connectivity index (χ0v) is 13.0. The molecule has 0 fully saturated rings. The van der Waals surface area contributed by atoms with Crippen LogP contribution < -0.4 is 5.32 Å². The van der Waals surface area contributed by atoms with Crippen molar-refractivity contribution in [1.82, 2.24) is 5.32 Å². The highest BCUT2D eigenvalue weighted by Gasteiger charge is 2.10. The Kier molecular flexibility index (Phi) is 6.38. The lowest BCUT2D eigenvalue weighted by Gasteiger charge is -2.13. The van der Waals surface area contributed by atoms with Crippen LogP contribution in [0.5, 0.6) is 0 Å². The van der Waals surface area contributed by atoms with Gasteiger partial charge in [0.25, 0.3) is 5.91 Å². The average molecular weight is 337 g/mol. The van der Waals surface area contributed by atoms with Gasteiger partial charge in [-0.3, -0.25) is 4.79 Å². The highest BCUT2D eigenvalue weighted by molar-refractivity contribution is 9.10. The Morgan fingerprint density at radius 1 is 1.53 bits per heavy atom. The fourth-order valence-corrected chi connectivity index (χ4v) is 2.86. The van der Waals surface area contributed by atoms with E-state index in [-0.39, 0.29) is 11.9 Å². The number of nitrogens with one attached hydrogen (secondary N) is 1. The second kappa shape index (κ2) is 7.29. The minimum Gasteiger partial charge on any atom is -0.349 e. The minimum atomic E-state index is -0.0857. The molecule has 0 aromatic heterocycles. The lowest BCUT2D eigenvalue weighted by atomic mass is 10.2. The standard InChI is InChI=1S/C12H15BrClNOS/c1-3-17-7-8(2)15-12(16)9-4-10(13)6-11(14)5-9/h4-6,8H,3,7H2,1-2H3,(H,15,16). The van der Waals surface area contributed by atoms with Gasteiger partial charge in [0, 0.05) is 26.9 Å². The maximum atomic E-state index is 11.9. The van der Waals surface area contributed by atoms with Crippen molar-refractivity contribution >= 4 is 45.2 Å². The van der Waals surface area contributed by atoms with Crippen LogP contribution in [0.3, 0.4) is 0 Å². The summed E-state index contributed by atoms with van der Waals surface area (Å²) in [6.07, 6.45) is 0. The normalized spacial score (nSPS) is 12.2. The predicted octanol–water partition coefficient (Wildman–Crippen LogP) is 3.97. The van der Waals surface area contributed by atoms with E-state index in [1.807, 2.05) is 18.7 Å². The topological polar surface area (TPSA) is 29.1 Å². The van der Waals surface area contributed by atoms with Crippen molar-refractivity contribution in [3.8, 4) is 0 Å². The van der Waals surface area contributed by atoms with E-state index in [0.29, 0.717) is 10.6 Å². The van der Waals surface area contributed by atoms with Crippen LogP contribution in [-0.4, -0.2) is 23.5 Å². The van der Waals surface area contributed by atoms with Crippen LogP contribution in [-0.2, 0) is 0 Å². The Morgan fingerprint density at radius 2 is 2.24 bits per heavy atom. The van der Waals surface area contributed by atoms with E-state index in [4.69, 9.17) is 11.6 Å². The first-order chi connectivity index (χ1) is 8.02. The number of rotatable bonds is 5. The lowest BCUT2D eigenvalue weighted by molar-refractivity contribution is 0.0943. The maximum absolute atomic E-state index is 11.9. The molecule has 94 valence electrons. The molecule has 1 atom stereocenters. The minimum absolute atomic E-state index is 0.0857. The first kappa shape index (κ1) is 14.9. The fraction of sp³-hybridized carbons (Fsp3) is 0.417. The number of benzene rings is 1. The molecule has 0 aliphatic carbocycles. The van der Waals surface area contributed by atoms with E-state index in [1.54, 1.807) is 18.2 Å². The molecule has 1 amide bonds. The summed E-state index contributed by atoms with van der Waals surface area (Å²) in [7, 11) is 0. The van der Waals surface area contributed by atoms with Crippen molar-refractivity contribution in [2.24, 2.45) is 0 Å². The SMILES string of the molecule is CCSCC(C)NC(=O)c1cc(Cl)cc(Br)c1. The van der Waals surface area contributed by atoms with Gasteiger partial charge in [-0.15, -0.1) is 0 Å². The van der Waals surface area contributed by atoms with Crippen molar-refractivity contribution in [1.29, 1.82) is 0 Å². The third kappa shape index (κ3) is 5.32. The van der Waals surface area contributed by atoms with Crippen LogP contribution in [0.25, 0.3) is 0 Å². The van der Waals surface area contributed by atoms with E-state index in [9.17, 15) is 4.79 Å². The number of carbonyl (C=O) groups excluding carboxylic acids is 1. The highest BCUT2D eigenvalue weighted by Crippen LogP contribution is 2.19. The molecule has 17 heavy (non-hydrogen) atoms. The van der Waals surface area contributed by atoms with Crippen LogP contribution in [0.15, 0.2) is 22.7 Å². The summed E-state index contributed by atoms with van der Waals surface area (Å²) in [5.41, 5.74) is 0.581. The molecule has 0 heterocycles. The summed E-state index contributed by atoms with van der Waals surface area (Å²) in [5, 5.41) is 3.50. The molecule has 1 N–H and O–H groups in total. The molecule has 1 aromatic rings. The summed E-state index contributed by atoms with van der Waals surface area (Å²) in [5.74, 6) is 1.89.